The average molecular weight is 760 g/mol. The van der Waals surface area contributed by atoms with E-state index in [2.05, 4.69) is 88.4 Å². The quantitative estimate of drug-likeness (QED) is 0.0636. The zero-order chi connectivity index (χ0) is 37.5. The minimum atomic E-state index is 0. The Balaban J connectivity index is 0.00000261. The van der Waals surface area contributed by atoms with Crippen LogP contribution in [0.25, 0.3) is 16.9 Å². The maximum Gasteiger partial charge on any atom is 0.215 e. The third-order valence-electron chi connectivity index (χ3n) is 9.33. The van der Waals surface area contributed by atoms with Gasteiger partial charge in [-0.1, -0.05) is 155 Å². The minimum absolute atomic E-state index is 0. The molecule has 2 aromatic rings. The van der Waals surface area contributed by atoms with Crippen LogP contribution in [0.15, 0.2) is 71.8 Å². The van der Waals surface area contributed by atoms with Gasteiger partial charge in [-0.3, -0.25) is 0 Å². The number of aliphatic hydroxyl groups is 2. The number of rotatable bonds is 24. The van der Waals surface area contributed by atoms with E-state index in [0.29, 0.717) is 13.2 Å². The molecular weight excluding hydrogens is 683 g/mol. The molecule has 5 heteroatoms. The average Bonchev–Trinajstić information content (AvgIpc) is 3.44. The van der Waals surface area contributed by atoms with Gasteiger partial charge >= 0.3 is 0 Å². The summed E-state index contributed by atoms with van der Waals surface area (Å²) in [6.45, 7) is 13.5. The van der Waals surface area contributed by atoms with E-state index in [-0.39, 0.29) is 16.5 Å². The molecule has 0 radical (unpaired) electrons. The molecule has 52 heavy (non-hydrogen) atoms. The number of aliphatic hydroxyl groups excluding tert-OH is 2. The second kappa shape index (κ2) is 33.3. The number of aryl methyl sites for hydroxylation is 2. The Bertz CT molecular complexity index is 1290. The molecule has 0 fully saturated rings. The Morgan fingerprint density at radius 1 is 0.538 bits per heavy atom. The molecule has 1 heterocycles. The topological polar surface area (TPSA) is 65.8 Å². The molecule has 0 saturated carbocycles. The summed E-state index contributed by atoms with van der Waals surface area (Å²) in [7, 11) is 0. The van der Waals surface area contributed by atoms with Crippen molar-refractivity contribution in [3.05, 3.63) is 99.6 Å². The molecule has 1 aliphatic heterocycles. The van der Waals surface area contributed by atoms with E-state index in [1.807, 2.05) is 13.8 Å². The number of hydrogen-bond donors (Lipinski definition) is 2. The summed E-state index contributed by atoms with van der Waals surface area (Å²) in [5.74, 6) is 0. The second-order valence-electron chi connectivity index (χ2n) is 14.1. The first-order valence-corrected chi connectivity index (χ1v) is 21.0. The second-order valence-corrected chi connectivity index (χ2v) is 14.1. The molecule has 296 valence electrons. The Morgan fingerprint density at radius 2 is 0.942 bits per heavy atom. The molecule has 4 nitrogen and oxygen atoms in total. The summed E-state index contributed by atoms with van der Waals surface area (Å²) in [5, 5.41) is 15.8. The van der Waals surface area contributed by atoms with Crippen LogP contribution in [0, 0.1) is 0 Å². The first-order valence-electron chi connectivity index (χ1n) is 21.0. The summed E-state index contributed by atoms with van der Waals surface area (Å²) >= 11 is 0. The molecule has 2 N–H and O–H groups in total. The first-order chi connectivity index (χ1) is 25.0. The summed E-state index contributed by atoms with van der Waals surface area (Å²) in [4.78, 5) is 0. The van der Waals surface area contributed by atoms with Gasteiger partial charge in [-0.25, -0.2) is 4.70 Å². The van der Waals surface area contributed by atoms with Gasteiger partial charge in [-0.15, -0.1) is 0 Å². The van der Waals surface area contributed by atoms with Crippen molar-refractivity contribution in [2.24, 2.45) is 0 Å². The van der Waals surface area contributed by atoms with Crippen LogP contribution in [0.3, 0.4) is 0 Å². The molecule has 1 aliphatic rings. The standard InChI is InChI=1S/C41H60N2.2C3H8O.Ni/c1-5-9-13-15-17-20-24-34-26-22-28-36(32-34)40-38(30-12-8-4)39(31-19-11-7-3)41(43(40)42)37-29-23-27-35(33-37)25-21-18-16-14-10-6-2;2*1-2-3-4;/h12,22-23,26-30,32-33H,5-11,13-21,24-25,31H2,1-4H3;2*4H,2-3H2,1H3;. The van der Waals surface area contributed by atoms with E-state index in [1.54, 1.807) is 0 Å². The molecule has 0 atom stereocenters. The number of hydrogen-bond acceptors (Lipinski definition) is 2. The van der Waals surface area contributed by atoms with Crippen LogP contribution in [-0.4, -0.2) is 28.1 Å². The maximum absolute atomic E-state index is 12.0. The fraction of sp³-hybridized carbons (Fsp3) is 0.617. The van der Waals surface area contributed by atoms with Gasteiger partial charge in [0.05, 0.1) is 5.57 Å². The number of allylic oxidation sites excluding steroid dienone is 4. The van der Waals surface area contributed by atoms with Crippen LogP contribution < -0.4 is 0 Å². The zero-order valence-corrected chi connectivity index (χ0v) is 35.1. The smallest absolute Gasteiger partial charge is 0.215 e. The van der Waals surface area contributed by atoms with E-state index in [0.717, 1.165) is 67.5 Å². The number of nitrogens with zero attached hydrogens (tertiary/aromatic N) is 2. The molecule has 0 amide bonds. The van der Waals surface area contributed by atoms with Crippen molar-refractivity contribution in [3.8, 4) is 0 Å². The molecule has 0 aliphatic carbocycles. The van der Waals surface area contributed by atoms with Gasteiger partial charge in [0.2, 0.25) is 11.4 Å². The van der Waals surface area contributed by atoms with Gasteiger partial charge < -0.3 is 15.7 Å². The van der Waals surface area contributed by atoms with Gasteiger partial charge in [0.25, 0.3) is 0 Å². The molecule has 0 saturated heterocycles. The molecule has 3 rings (SSSR count). The Hall–Kier alpha value is -2.33. The van der Waals surface area contributed by atoms with Crippen LogP contribution in [0.1, 0.15) is 186 Å². The van der Waals surface area contributed by atoms with Crippen molar-refractivity contribution in [1.29, 1.82) is 0 Å². The summed E-state index contributed by atoms with van der Waals surface area (Å²) < 4.78 is 1.53. The first kappa shape index (κ1) is 49.7. The van der Waals surface area contributed by atoms with Gasteiger partial charge in [-0.2, -0.15) is 0 Å². The van der Waals surface area contributed by atoms with E-state index < -0.39 is 0 Å². The fourth-order valence-electron chi connectivity index (χ4n) is 6.39. The maximum atomic E-state index is 12.0. The normalized spacial score (nSPS) is 12.5. The van der Waals surface area contributed by atoms with Crippen LogP contribution in [0.5, 0.6) is 0 Å². The van der Waals surface area contributed by atoms with Crippen molar-refractivity contribution in [2.45, 2.75) is 176 Å². The number of benzene rings is 2. The predicted molar refractivity (Wildman–Crippen MR) is 223 cm³/mol. The van der Waals surface area contributed by atoms with Crippen LogP contribution in [-0.2, 0) is 29.3 Å². The Kier molecular flexibility index (Phi) is 31.8. The third kappa shape index (κ3) is 19.7. The van der Waals surface area contributed by atoms with Crippen LogP contribution in [0.4, 0.5) is 0 Å². The SMILES string of the molecule is CCC=CC1=C(c2cccc(CCCCCCCC)c2)[N+](=[N-])C(c2cccc(CCCCCCCC)c2)=C1CCCCC.CCCO.CCCO.[Ni]. The molecule has 0 unspecified atom stereocenters. The van der Waals surface area contributed by atoms with E-state index in [9.17, 15) is 5.53 Å². The largest absolute Gasteiger partial charge is 0.493 e. The van der Waals surface area contributed by atoms with Gasteiger partial charge in [0.1, 0.15) is 0 Å². The molecule has 0 bridgehead atoms. The van der Waals surface area contributed by atoms with Crippen molar-refractivity contribution in [2.75, 3.05) is 13.2 Å². The van der Waals surface area contributed by atoms with Crippen molar-refractivity contribution in [1.82, 2.24) is 0 Å². The molecular formula is C47H76N2NiO2. The third-order valence-corrected chi connectivity index (χ3v) is 9.33. The minimum Gasteiger partial charge on any atom is -0.493 e. The molecule has 2 aromatic carbocycles. The monoisotopic (exact) mass is 759 g/mol. The van der Waals surface area contributed by atoms with E-state index in [1.165, 1.54) is 117 Å². The summed E-state index contributed by atoms with van der Waals surface area (Å²) in [6, 6.07) is 17.9. The summed E-state index contributed by atoms with van der Waals surface area (Å²) in [6.07, 6.45) is 29.7. The van der Waals surface area contributed by atoms with Gasteiger partial charge in [-0.05, 0) is 93.2 Å². The zero-order valence-electron chi connectivity index (χ0n) is 34.1. The predicted octanol–water partition coefficient (Wildman–Crippen LogP) is 14.0. The van der Waals surface area contributed by atoms with Crippen molar-refractivity contribution >= 4 is 11.4 Å². The van der Waals surface area contributed by atoms with Gasteiger partial charge in [0.15, 0.2) is 0 Å². The molecule has 0 aromatic heterocycles. The summed E-state index contributed by atoms with van der Waals surface area (Å²) in [5.41, 5.74) is 21.4. The van der Waals surface area contributed by atoms with Crippen LogP contribution >= 0.6 is 0 Å². The van der Waals surface area contributed by atoms with E-state index >= 15 is 0 Å². The number of unbranched alkanes of at least 4 members (excludes halogenated alkanes) is 12. The Morgan fingerprint density at radius 3 is 1.38 bits per heavy atom. The van der Waals surface area contributed by atoms with E-state index in [4.69, 9.17) is 10.2 Å². The fourth-order valence-corrected chi connectivity index (χ4v) is 6.39. The van der Waals surface area contributed by atoms with Crippen molar-refractivity contribution in [3.63, 3.8) is 0 Å². The Labute approximate surface area is 330 Å². The van der Waals surface area contributed by atoms with Gasteiger partial charge in [0, 0.05) is 46.4 Å². The van der Waals surface area contributed by atoms with Crippen LogP contribution in [0.2, 0.25) is 0 Å². The van der Waals surface area contributed by atoms with Crippen molar-refractivity contribution < 1.29 is 31.4 Å². The molecule has 0 spiro atoms.